The fraction of sp³-hybridized carbons (Fsp3) is 0.107. The minimum Gasteiger partial charge on any atom is -0.489 e. The van der Waals surface area contributed by atoms with Crippen molar-refractivity contribution in [3.05, 3.63) is 114 Å². The molecule has 2 amide bonds. The number of anilines is 1. The molecule has 0 saturated carbocycles. The van der Waals surface area contributed by atoms with Crippen LogP contribution >= 0.6 is 0 Å². The fourth-order valence-corrected chi connectivity index (χ4v) is 3.67. The summed E-state index contributed by atoms with van der Waals surface area (Å²) in [5, 5.41) is 6.51. The number of benzene rings is 3. The van der Waals surface area contributed by atoms with Gasteiger partial charge in [-0.25, -0.2) is 5.43 Å². The molecule has 0 saturated heterocycles. The van der Waals surface area contributed by atoms with Crippen LogP contribution in [-0.2, 0) is 16.2 Å². The van der Waals surface area contributed by atoms with Gasteiger partial charge < -0.3 is 14.6 Å². The van der Waals surface area contributed by atoms with Crippen LogP contribution in [0.2, 0.25) is 0 Å². The van der Waals surface area contributed by atoms with Crippen molar-refractivity contribution < 1.29 is 14.3 Å². The topological polar surface area (TPSA) is 84.7 Å². The van der Waals surface area contributed by atoms with E-state index in [1.54, 1.807) is 24.3 Å². The lowest BCUT2D eigenvalue weighted by Crippen LogP contribution is -2.32. The first-order valence-electron chi connectivity index (χ1n) is 11.2. The zero-order valence-corrected chi connectivity index (χ0v) is 19.6. The van der Waals surface area contributed by atoms with Crippen LogP contribution in [-0.4, -0.2) is 22.6 Å². The highest BCUT2D eigenvalue weighted by Gasteiger charge is 2.14. The SMILES string of the molecule is Cc1cc(/C=N\NC(=O)C(=O)Nc2ccc(OCc3ccccc3)cc2)c(C)n1-c1ccccc1. The van der Waals surface area contributed by atoms with Crippen LogP contribution in [0.5, 0.6) is 5.75 Å². The van der Waals surface area contributed by atoms with Gasteiger partial charge in [0.2, 0.25) is 0 Å². The molecule has 7 heteroatoms. The van der Waals surface area contributed by atoms with Gasteiger partial charge >= 0.3 is 11.8 Å². The summed E-state index contributed by atoms with van der Waals surface area (Å²) < 4.78 is 7.83. The standard InChI is InChI=1S/C28H26N4O3/c1-20-17-23(21(2)32(20)25-11-7-4-8-12-25)18-29-31-28(34)27(33)30-24-13-15-26(16-14-24)35-19-22-9-5-3-6-10-22/h3-18H,19H2,1-2H3,(H,30,33)(H,31,34)/b29-18-. The zero-order valence-electron chi connectivity index (χ0n) is 19.6. The van der Waals surface area contributed by atoms with Gasteiger partial charge in [0.25, 0.3) is 0 Å². The molecule has 0 aliphatic rings. The maximum Gasteiger partial charge on any atom is 0.329 e. The van der Waals surface area contributed by atoms with Gasteiger partial charge in [-0.05, 0) is 61.9 Å². The number of carbonyl (C=O) groups excluding carboxylic acids is 2. The molecule has 0 fully saturated rings. The van der Waals surface area contributed by atoms with Crippen molar-refractivity contribution in [3.8, 4) is 11.4 Å². The number of para-hydroxylation sites is 1. The summed E-state index contributed by atoms with van der Waals surface area (Å²) in [6.45, 7) is 4.42. The molecule has 0 radical (unpaired) electrons. The highest BCUT2D eigenvalue weighted by atomic mass is 16.5. The zero-order chi connectivity index (χ0) is 24.6. The highest BCUT2D eigenvalue weighted by molar-refractivity contribution is 6.39. The molecule has 1 heterocycles. The van der Waals surface area contributed by atoms with E-state index in [4.69, 9.17) is 4.74 Å². The molecule has 4 rings (SSSR count). The van der Waals surface area contributed by atoms with Gasteiger partial charge in [-0.2, -0.15) is 5.10 Å². The normalized spacial score (nSPS) is 10.8. The van der Waals surface area contributed by atoms with E-state index in [0.717, 1.165) is 28.2 Å². The Morgan fingerprint density at radius 2 is 1.54 bits per heavy atom. The number of aromatic nitrogens is 1. The van der Waals surface area contributed by atoms with E-state index >= 15 is 0 Å². The summed E-state index contributed by atoms with van der Waals surface area (Å²) >= 11 is 0. The molecule has 176 valence electrons. The Morgan fingerprint density at radius 3 is 2.23 bits per heavy atom. The smallest absolute Gasteiger partial charge is 0.329 e. The Balaban J connectivity index is 1.30. The van der Waals surface area contributed by atoms with Gasteiger partial charge in [0.05, 0.1) is 6.21 Å². The number of hydrogen-bond acceptors (Lipinski definition) is 4. The molecule has 0 aliphatic heterocycles. The first-order chi connectivity index (χ1) is 17.0. The summed E-state index contributed by atoms with van der Waals surface area (Å²) in [6, 6.07) is 28.6. The monoisotopic (exact) mass is 466 g/mol. The van der Waals surface area contributed by atoms with Gasteiger partial charge in [-0.1, -0.05) is 48.5 Å². The number of nitrogens with zero attached hydrogens (tertiary/aromatic N) is 2. The third-order valence-corrected chi connectivity index (χ3v) is 5.42. The van der Waals surface area contributed by atoms with Crippen molar-refractivity contribution >= 4 is 23.7 Å². The molecule has 4 aromatic rings. The summed E-state index contributed by atoms with van der Waals surface area (Å²) in [5.41, 5.74) is 7.72. The number of carbonyl (C=O) groups is 2. The Bertz CT molecular complexity index is 1330. The van der Waals surface area contributed by atoms with Crippen LogP contribution in [0.4, 0.5) is 5.69 Å². The van der Waals surface area contributed by atoms with Crippen LogP contribution in [0.15, 0.2) is 96.1 Å². The number of hydrazone groups is 1. The molecule has 1 aromatic heterocycles. The minimum absolute atomic E-state index is 0.445. The van der Waals surface area contributed by atoms with E-state index in [0.29, 0.717) is 18.0 Å². The van der Waals surface area contributed by atoms with Gasteiger partial charge in [-0.15, -0.1) is 0 Å². The van der Waals surface area contributed by atoms with Crippen molar-refractivity contribution in [2.75, 3.05) is 5.32 Å². The summed E-state index contributed by atoms with van der Waals surface area (Å²) in [5.74, 6) is -1.01. The van der Waals surface area contributed by atoms with E-state index < -0.39 is 11.8 Å². The maximum absolute atomic E-state index is 12.2. The van der Waals surface area contributed by atoms with Gasteiger partial charge in [-0.3, -0.25) is 9.59 Å². The molecule has 0 atom stereocenters. The lowest BCUT2D eigenvalue weighted by molar-refractivity contribution is -0.136. The van der Waals surface area contributed by atoms with E-state index in [1.807, 2.05) is 80.6 Å². The lowest BCUT2D eigenvalue weighted by Gasteiger charge is -2.09. The van der Waals surface area contributed by atoms with Gasteiger partial charge in [0.15, 0.2) is 0 Å². The highest BCUT2D eigenvalue weighted by Crippen LogP contribution is 2.19. The van der Waals surface area contributed by atoms with Crippen molar-refractivity contribution in [2.45, 2.75) is 20.5 Å². The Morgan fingerprint density at radius 1 is 0.886 bits per heavy atom. The Hall–Kier alpha value is -4.65. The second-order valence-electron chi connectivity index (χ2n) is 7.95. The van der Waals surface area contributed by atoms with Crippen LogP contribution in [0.1, 0.15) is 22.5 Å². The third kappa shape index (κ3) is 6.03. The number of nitrogens with one attached hydrogen (secondary N) is 2. The number of hydrogen-bond donors (Lipinski definition) is 2. The minimum atomic E-state index is -0.859. The summed E-state index contributed by atoms with van der Waals surface area (Å²) in [6.07, 6.45) is 1.53. The third-order valence-electron chi connectivity index (χ3n) is 5.42. The van der Waals surface area contributed by atoms with E-state index in [9.17, 15) is 9.59 Å². The molecule has 0 aliphatic carbocycles. The molecule has 3 aromatic carbocycles. The first-order valence-corrected chi connectivity index (χ1v) is 11.2. The molecule has 0 bridgehead atoms. The second-order valence-corrected chi connectivity index (χ2v) is 7.95. The molecular weight excluding hydrogens is 440 g/mol. The molecular formula is C28H26N4O3. The predicted molar refractivity (Wildman–Crippen MR) is 137 cm³/mol. The number of rotatable bonds is 7. The summed E-state index contributed by atoms with van der Waals surface area (Å²) in [7, 11) is 0. The van der Waals surface area contributed by atoms with E-state index in [-0.39, 0.29) is 0 Å². The van der Waals surface area contributed by atoms with Gasteiger partial charge in [0.1, 0.15) is 12.4 Å². The molecule has 0 spiro atoms. The number of ether oxygens (including phenoxy) is 1. The quantitative estimate of drug-likeness (QED) is 0.234. The maximum atomic E-state index is 12.2. The molecule has 0 unspecified atom stereocenters. The largest absolute Gasteiger partial charge is 0.489 e. The number of amides is 2. The van der Waals surface area contributed by atoms with Crippen molar-refractivity contribution in [1.29, 1.82) is 0 Å². The van der Waals surface area contributed by atoms with E-state index in [2.05, 4.69) is 20.4 Å². The Labute approximate surface area is 204 Å². The van der Waals surface area contributed by atoms with Crippen LogP contribution in [0.3, 0.4) is 0 Å². The van der Waals surface area contributed by atoms with Crippen molar-refractivity contribution in [3.63, 3.8) is 0 Å². The van der Waals surface area contributed by atoms with Crippen LogP contribution < -0.4 is 15.5 Å². The van der Waals surface area contributed by atoms with Crippen molar-refractivity contribution in [1.82, 2.24) is 9.99 Å². The Kier molecular flexibility index (Phi) is 7.37. The predicted octanol–water partition coefficient (Wildman–Crippen LogP) is 4.76. The van der Waals surface area contributed by atoms with Crippen molar-refractivity contribution in [2.24, 2.45) is 5.10 Å². The average molecular weight is 467 g/mol. The first kappa shape index (κ1) is 23.5. The lowest BCUT2D eigenvalue weighted by atomic mass is 10.2. The van der Waals surface area contributed by atoms with Gasteiger partial charge in [0, 0.05) is 28.3 Å². The van der Waals surface area contributed by atoms with E-state index in [1.165, 1.54) is 6.21 Å². The molecule has 35 heavy (non-hydrogen) atoms. The molecule has 2 N–H and O–H groups in total. The summed E-state index contributed by atoms with van der Waals surface area (Å²) in [4.78, 5) is 24.4. The van der Waals surface area contributed by atoms with Crippen LogP contribution in [0, 0.1) is 13.8 Å². The fourth-order valence-electron chi connectivity index (χ4n) is 3.67. The average Bonchev–Trinajstić information content (AvgIpc) is 3.17. The van der Waals surface area contributed by atoms with Crippen LogP contribution in [0.25, 0.3) is 5.69 Å². The second kappa shape index (κ2) is 11.0. The number of aryl methyl sites for hydroxylation is 1. The molecule has 7 nitrogen and oxygen atoms in total.